The number of hydrogen-bond donors (Lipinski definition) is 0. The van der Waals surface area contributed by atoms with E-state index in [1.807, 2.05) is 14.1 Å². The standard InChI is InChI=1S/C50H98N2O6/c1-7-9-11-13-19-26-35-47(36-27-20-14-12-10-8-2)58-50(55)38-28-21-17-22-30-41-52(43-45-57-49(54)39-33-40-51(5)6)42-31-24-29-37-48(53)56-44-32-23-16-15-18-25-34-46(3)4/h46-47H,7-45H2,1-6H3. The van der Waals surface area contributed by atoms with Crippen molar-refractivity contribution >= 4 is 17.9 Å². The van der Waals surface area contributed by atoms with Crippen LogP contribution in [0.15, 0.2) is 0 Å². The maximum Gasteiger partial charge on any atom is 0.306 e. The van der Waals surface area contributed by atoms with Crippen molar-refractivity contribution in [3.63, 3.8) is 0 Å². The molecule has 0 saturated carbocycles. The van der Waals surface area contributed by atoms with Gasteiger partial charge in [-0.1, -0.05) is 156 Å². The average molecular weight is 823 g/mol. The number of nitrogens with zero attached hydrogens (tertiary/aromatic N) is 2. The van der Waals surface area contributed by atoms with Gasteiger partial charge in [-0.25, -0.2) is 0 Å². The van der Waals surface area contributed by atoms with Crippen molar-refractivity contribution in [2.75, 3.05) is 53.5 Å². The smallest absolute Gasteiger partial charge is 0.306 e. The van der Waals surface area contributed by atoms with Crippen LogP contribution >= 0.6 is 0 Å². The lowest BCUT2D eigenvalue weighted by Gasteiger charge is -2.22. The van der Waals surface area contributed by atoms with E-state index in [-0.39, 0.29) is 24.0 Å². The van der Waals surface area contributed by atoms with Crippen LogP contribution in [0.25, 0.3) is 0 Å². The summed E-state index contributed by atoms with van der Waals surface area (Å²) in [6.45, 7) is 13.6. The summed E-state index contributed by atoms with van der Waals surface area (Å²) >= 11 is 0. The molecule has 58 heavy (non-hydrogen) atoms. The zero-order chi connectivity index (χ0) is 42.7. The van der Waals surface area contributed by atoms with Gasteiger partial charge < -0.3 is 19.1 Å². The van der Waals surface area contributed by atoms with Gasteiger partial charge in [-0.05, 0) is 104 Å². The van der Waals surface area contributed by atoms with Gasteiger partial charge >= 0.3 is 17.9 Å². The number of rotatable bonds is 45. The summed E-state index contributed by atoms with van der Waals surface area (Å²) in [4.78, 5) is 41.9. The van der Waals surface area contributed by atoms with E-state index in [2.05, 4.69) is 37.5 Å². The second-order valence-corrected chi connectivity index (χ2v) is 18.0. The van der Waals surface area contributed by atoms with Crippen molar-refractivity contribution in [2.45, 2.75) is 246 Å². The Hall–Kier alpha value is -1.67. The van der Waals surface area contributed by atoms with Gasteiger partial charge in [-0.2, -0.15) is 0 Å². The van der Waals surface area contributed by atoms with Gasteiger partial charge in [0.1, 0.15) is 12.7 Å². The summed E-state index contributed by atoms with van der Waals surface area (Å²) < 4.78 is 17.1. The predicted octanol–water partition coefficient (Wildman–Crippen LogP) is 13.4. The first-order valence-electron chi connectivity index (χ1n) is 25.1. The van der Waals surface area contributed by atoms with Gasteiger partial charge in [0.25, 0.3) is 0 Å². The molecule has 0 atom stereocenters. The Morgan fingerprint density at radius 1 is 0.414 bits per heavy atom. The van der Waals surface area contributed by atoms with Crippen LogP contribution in [-0.2, 0) is 28.6 Å². The van der Waals surface area contributed by atoms with Crippen molar-refractivity contribution < 1.29 is 28.6 Å². The number of hydrogen-bond acceptors (Lipinski definition) is 8. The van der Waals surface area contributed by atoms with E-state index >= 15 is 0 Å². The first-order valence-corrected chi connectivity index (χ1v) is 25.1. The van der Waals surface area contributed by atoms with E-state index in [1.165, 1.54) is 109 Å². The number of esters is 3. The highest BCUT2D eigenvalue weighted by atomic mass is 16.5. The summed E-state index contributed by atoms with van der Waals surface area (Å²) in [5.74, 6) is 0.615. The van der Waals surface area contributed by atoms with Crippen LogP contribution < -0.4 is 0 Å². The van der Waals surface area contributed by atoms with E-state index in [4.69, 9.17) is 14.2 Å². The summed E-state index contributed by atoms with van der Waals surface area (Å²) in [5.41, 5.74) is 0. The zero-order valence-electron chi connectivity index (χ0n) is 39.6. The van der Waals surface area contributed by atoms with Crippen LogP contribution in [0.5, 0.6) is 0 Å². The molecule has 0 aliphatic rings. The minimum Gasteiger partial charge on any atom is -0.466 e. The molecule has 0 spiro atoms. The fourth-order valence-corrected chi connectivity index (χ4v) is 7.58. The minimum absolute atomic E-state index is 0.00378. The largest absolute Gasteiger partial charge is 0.466 e. The summed E-state index contributed by atoms with van der Waals surface area (Å²) in [7, 11) is 4.04. The van der Waals surface area contributed by atoms with Crippen molar-refractivity contribution in [1.29, 1.82) is 0 Å². The van der Waals surface area contributed by atoms with Gasteiger partial charge in [0.05, 0.1) is 6.61 Å². The first-order chi connectivity index (χ1) is 28.2. The summed E-state index contributed by atoms with van der Waals surface area (Å²) in [6.07, 6.45) is 36.4. The third kappa shape index (κ3) is 42.5. The molecule has 0 bridgehead atoms. The topological polar surface area (TPSA) is 85.4 Å². The molecule has 8 heteroatoms. The quantitative estimate of drug-likeness (QED) is 0.0341. The second-order valence-electron chi connectivity index (χ2n) is 18.0. The molecular formula is C50H98N2O6. The van der Waals surface area contributed by atoms with E-state index in [0.29, 0.717) is 32.5 Å². The Bertz CT molecular complexity index is 897. The Morgan fingerprint density at radius 2 is 0.828 bits per heavy atom. The SMILES string of the molecule is CCCCCCCCC(CCCCCCCC)OC(=O)CCCCCCCN(CCCCCC(=O)OCCCCCCCCC(C)C)CCOC(=O)CCCN(C)C. The monoisotopic (exact) mass is 823 g/mol. The van der Waals surface area contributed by atoms with Gasteiger partial charge in [0.2, 0.25) is 0 Å². The molecule has 0 radical (unpaired) electrons. The van der Waals surface area contributed by atoms with E-state index in [9.17, 15) is 14.4 Å². The Morgan fingerprint density at radius 3 is 1.36 bits per heavy atom. The predicted molar refractivity (Wildman–Crippen MR) is 245 cm³/mol. The molecular weight excluding hydrogens is 725 g/mol. The fourth-order valence-electron chi connectivity index (χ4n) is 7.58. The van der Waals surface area contributed by atoms with Crippen LogP contribution in [0.4, 0.5) is 0 Å². The number of carbonyl (C=O) groups is 3. The van der Waals surface area contributed by atoms with Crippen LogP contribution in [0.2, 0.25) is 0 Å². The lowest BCUT2D eigenvalue weighted by Crippen LogP contribution is -2.30. The van der Waals surface area contributed by atoms with Crippen LogP contribution in [0.1, 0.15) is 240 Å². The van der Waals surface area contributed by atoms with Gasteiger partial charge in [-0.15, -0.1) is 0 Å². The van der Waals surface area contributed by atoms with E-state index in [1.54, 1.807) is 0 Å². The molecule has 0 aromatic rings. The normalized spacial score (nSPS) is 11.7. The maximum absolute atomic E-state index is 12.8. The summed E-state index contributed by atoms with van der Waals surface area (Å²) in [6, 6.07) is 0. The number of ether oxygens (including phenoxy) is 3. The highest BCUT2D eigenvalue weighted by molar-refractivity contribution is 5.70. The molecule has 0 amide bonds. The molecule has 0 fully saturated rings. The molecule has 344 valence electrons. The van der Waals surface area contributed by atoms with Crippen molar-refractivity contribution in [2.24, 2.45) is 5.92 Å². The van der Waals surface area contributed by atoms with Crippen LogP contribution in [0, 0.1) is 5.92 Å². The van der Waals surface area contributed by atoms with Gasteiger partial charge in [0, 0.05) is 25.8 Å². The molecule has 0 unspecified atom stereocenters. The van der Waals surface area contributed by atoms with E-state index in [0.717, 1.165) is 116 Å². The second kappa shape index (κ2) is 43.4. The van der Waals surface area contributed by atoms with Gasteiger partial charge in [-0.3, -0.25) is 19.3 Å². The lowest BCUT2D eigenvalue weighted by molar-refractivity contribution is -0.150. The maximum atomic E-state index is 12.8. The molecule has 0 saturated heterocycles. The molecule has 0 aliphatic carbocycles. The third-order valence-electron chi connectivity index (χ3n) is 11.4. The first kappa shape index (κ1) is 56.3. The molecule has 0 aromatic heterocycles. The molecule has 0 aromatic carbocycles. The summed E-state index contributed by atoms with van der Waals surface area (Å²) in [5, 5.41) is 0. The highest BCUT2D eigenvalue weighted by Crippen LogP contribution is 2.19. The van der Waals surface area contributed by atoms with Gasteiger partial charge in [0.15, 0.2) is 0 Å². The molecule has 0 heterocycles. The lowest BCUT2D eigenvalue weighted by atomic mass is 10.0. The molecule has 0 aliphatic heterocycles. The minimum atomic E-state index is -0.114. The van der Waals surface area contributed by atoms with Crippen molar-refractivity contribution in [1.82, 2.24) is 9.80 Å². The van der Waals surface area contributed by atoms with Crippen molar-refractivity contribution in [3.8, 4) is 0 Å². The van der Waals surface area contributed by atoms with Crippen LogP contribution in [0.3, 0.4) is 0 Å². The number of carbonyl (C=O) groups excluding carboxylic acids is 3. The van der Waals surface area contributed by atoms with Crippen molar-refractivity contribution in [3.05, 3.63) is 0 Å². The van der Waals surface area contributed by atoms with Crippen LogP contribution in [-0.4, -0.2) is 87.3 Å². The Kier molecular flexibility index (Phi) is 42.2. The Labute approximate surface area is 360 Å². The molecule has 0 rings (SSSR count). The average Bonchev–Trinajstić information content (AvgIpc) is 3.18. The molecule has 0 N–H and O–H groups in total. The third-order valence-corrected chi connectivity index (χ3v) is 11.4. The van der Waals surface area contributed by atoms with E-state index < -0.39 is 0 Å². The number of unbranched alkanes of at least 4 members (excludes halogenated alkanes) is 21. The molecule has 8 nitrogen and oxygen atoms in total. The zero-order valence-corrected chi connectivity index (χ0v) is 39.6. The fraction of sp³-hybridized carbons (Fsp3) is 0.940. The highest BCUT2D eigenvalue weighted by Gasteiger charge is 2.15. The Balaban J connectivity index is 4.47.